The quantitative estimate of drug-likeness (QED) is 0.228. The van der Waals surface area contributed by atoms with Crippen LogP contribution in [0.5, 0.6) is 0 Å². The molecule has 3 aromatic rings. The SMILES string of the molecule is O=C1C(Nc2ccc(C(F)(F)F)cc2)=C(Nc2ccc(C(F)(F)F)cc2)C(=O)c2c1cccc2[N+](=O)[O-]. The van der Waals surface area contributed by atoms with Crippen LogP contribution in [-0.2, 0) is 12.4 Å². The molecule has 0 aromatic heterocycles. The number of nitro benzene ring substituents is 1. The summed E-state index contributed by atoms with van der Waals surface area (Å²) in [6.07, 6.45) is -9.26. The Hall–Kier alpha value is -4.68. The normalized spacial score (nSPS) is 13.9. The van der Waals surface area contributed by atoms with Crippen molar-refractivity contribution < 1.29 is 40.9 Å². The fraction of sp³-hybridized carbons (Fsp3) is 0.0833. The van der Waals surface area contributed by atoms with E-state index in [2.05, 4.69) is 10.6 Å². The van der Waals surface area contributed by atoms with Gasteiger partial charge in [0.25, 0.3) is 5.69 Å². The molecule has 2 N–H and O–H groups in total. The average molecular weight is 521 g/mol. The Balaban J connectivity index is 1.81. The number of benzene rings is 3. The summed E-state index contributed by atoms with van der Waals surface area (Å²) in [5.41, 5.74) is -4.57. The molecule has 0 atom stereocenters. The molecule has 7 nitrogen and oxygen atoms in total. The summed E-state index contributed by atoms with van der Waals surface area (Å²) in [7, 11) is 0. The van der Waals surface area contributed by atoms with E-state index in [-0.39, 0.29) is 16.9 Å². The third-order valence-electron chi connectivity index (χ3n) is 5.38. The Bertz CT molecular complexity index is 1440. The van der Waals surface area contributed by atoms with Crippen LogP contribution in [0.15, 0.2) is 78.1 Å². The number of carbonyl (C=O) groups excluding carboxylic acids is 2. The number of allylic oxidation sites excluding steroid dienone is 2. The molecule has 0 radical (unpaired) electrons. The van der Waals surface area contributed by atoms with E-state index in [1.807, 2.05) is 0 Å². The van der Waals surface area contributed by atoms with Crippen molar-refractivity contribution in [1.29, 1.82) is 0 Å². The number of hydrogen-bond donors (Lipinski definition) is 2. The second-order valence-electron chi connectivity index (χ2n) is 7.77. The number of fused-ring (bicyclic) bond motifs is 1. The van der Waals surface area contributed by atoms with Gasteiger partial charge in [-0.3, -0.25) is 19.7 Å². The van der Waals surface area contributed by atoms with Crippen molar-refractivity contribution in [2.75, 3.05) is 10.6 Å². The van der Waals surface area contributed by atoms with Crippen LogP contribution in [0.25, 0.3) is 0 Å². The smallest absolute Gasteiger partial charge is 0.350 e. The van der Waals surface area contributed by atoms with Gasteiger partial charge >= 0.3 is 12.4 Å². The Morgan fingerprint density at radius 1 is 0.649 bits per heavy atom. The standard InChI is InChI=1S/C24H13F6N3O4/c25-23(26,27)12-4-8-14(9-5-12)31-19-20(32-15-10-6-13(7-11-15)24(28,29)30)22(35)18-16(21(19)34)2-1-3-17(18)33(36)37/h1-11,31-32H. The van der Waals surface area contributed by atoms with E-state index >= 15 is 0 Å². The van der Waals surface area contributed by atoms with E-state index < -0.39 is 62.6 Å². The summed E-state index contributed by atoms with van der Waals surface area (Å²) >= 11 is 0. The number of nitro groups is 1. The molecule has 0 fully saturated rings. The second-order valence-corrected chi connectivity index (χ2v) is 7.77. The molecule has 0 saturated carbocycles. The predicted octanol–water partition coefficient (Wildman–Crippen LogP) is 6.45. The number of hydrogen-bond acceptors (Lipinski definition) is 6. The molecular formula is C24H13F6N3O4. The largest absolute Gasteiger partial charge is 0.416 e. The van der Waals surface area contributed by atoms with Gasteiger partial charge in [0.2, 0.25) is 11.6 Å². The summed E-state index contributed by atoms with van der Waals surface area (Å²) in [5, 5.41) is 16.6. The van der Waals surface area contributed by atoms with E-state index in [0.717, 1.165) is 54.6 Å². The highest BCUT2D eigenvalue weighted by Gasteiger charge is 2.38. The van der Waals surface area contributed by atoms with Gasteiger partial charge in [0, 0.05) is 23.0 Å². The number of carbonyl (C=O) groups is 2. The van der Waals surface area contributed by atoms with Crippen molar-refractivity contribution in [2.24, 2.45) is 0 Å². The van der Waals surface area contributed by atoms with Crippen molar-refractivity contribution in [3.05, 3.63) is 110 Å². The van der Waals surface area contributed by atoms with Gasteiger partial charge in [-0.2, -0.15) is 26.3 Å². The van der Waals surface area contributed by atoms with Crippen molar-refractivity contribution in [2.45, 2.75) is 12.4 Å². The summed E-state index contributed by atoms with van der Waals surface area (Å²) in [5.74, 6) is -1.91. The van der Waals surface area contributed by atoms with Crippen molar-refractivity contribution >= 4 is 28.6 Å². The summed E-state index contributed by atoms with van der Waals surface area (Å²) in [4.78, 5) is 37.3. The molecule has 0 spiro atoms. The monoisotopic (exact) mass is 521 g/mol. The van der Waals surface area contributed by atoms with Gasteiger partial charge in [-0.1, -0.05) is 6.07 Å². The van der Waals surface area contributed by atoms with Crippen molar-refractivity contribution in [3.8, 4) is 0 Å². The highest BCUT2D eigenvalue weighted by molar-refractivity contribution is 6.30. The molecule has 3 aromatic carbocycles. The zero-order valence-corrected chi connectivity index (χ0v) is 18.2. The molecule has 4 rings (SSSR count). The summed E-state index contributed by atoms with van der Waals surface area (Å²) in [6, 6.07) is 10.3. The summed E-state index contributed by atoms with van der Waals surface area (Å²) < 4.78 is 77.4. The second kappa shape index (κ2) is 9.08. The maximum Gasteiger partial charge on any atom is 0.416 e. The number of ketones is 2. The van der Waals surface area contributed by atoms with Crippen LogP contribution in [-0.4, -0.2) is 16.5 Å². The number of nitrogens with one attached hydrogen (secondary N) is 2. The van der Waals surface area contributed by atoms with Crippen LogP contribution in [0.4, 0.5) is 43.4 Å². The third-order valence-corrected chi connectivity index (χ3v) is 5.38. The van der Waals surface area contributed by atoms with Crippen LogP contribution in [0.1, 0.15) is 31.8 Å². The molecule has 1 aliphatic rings. The van der Waals surface area contributed by atoms with Crippen LogP contribution < -0.4 is 10.6 Å². The minimum Gasteiger partial charge on any atom is -0.350 e. The lowest BCUT2D eigenvalue weighted by Crippen LogP contribution is -2.30. The molecule has 0 amide bonds. The maximum atomic E-state index is 13.4. The van der Waals surface area contributed by atoms with Gasteiger partial charge in [-0.05, 0) is 54.6 Å². The van der Waals surface area contributed by atoms with Crippen LogP contribution >= 0.6 is 0 Å². The molecule has 0 unspecified atom stereocenters. The Kier molecular flexibility index (Phi) is 6.23. The number of nitrogens with zero attached hydrogens (tertiary/aromatic N) is 1. The minimum absolute atomic E-state index is 0.0234. The van der Waals surface area contributed by atoms with Crippen LogP contribution in [0.2, 0.25) is 0 Å². The Morgan fingerprint density at radius 3 is 1.49 bits per heavy atom. The van der Waals surface area contributed by atoms with Gasteiger partial charge in [0.1, 0.15) is 17.0 Å². The van der Waals surface area contributed by atoms with Gasteiger partial charge in [-0.25, -0.2) is 0 Å². The predicted molar refractivity (Wildman–Crippen MR) is 119 cm³/mol. The molecule has 0 aliphatic heterocycles. The van der Waals surface area contributed by atoms with E-state index in [9.17, 15) is 46.0 Å². The molecular weight excluding hydrogens is 508 g/mol. The van der Waals surface area contributed by atoms with E-state index in [1.54, 1.807) is 0 Å². The number of alkyl halides is 6. The lowest BCUT2D eigenvalue weighted by molar-refractivity contribution is -0.385. The van der Waals surface area contributed by atoms with Gasteiger partial charge in [0.15, 0.2) is 0 Å². The number of halogens is 6. The first kappa shape index (κ1) is 25.4. The lowest BCUT2D eigenvalue weighted by atomic mass is 9.88. The number of anilines is 2. The van der Waals surface area contributed by atoms with Crippen molar-refractivity contribution in [3.63, 3.8) is 0 Å². The minimum atomic E-state index is -4.64. The molecule has 190 valence electrons. The molecule has 1 aliphatic carbocycles. The van der Waals surface area contributed by atoms with Gasteiger partial charge in [0.05, 0.1) is 16.1 Å². The first-order chi connectivity index (χ1) is 17.3. The first-order valence-corrected chi connectivity index (χ1v) is 10.3. The zero-order chi connectivity index (χ0) is 27.1. The van der Waals surface area contributed by atoms with E-state index in [4.69, 9.17) is 0 Å². The fourth-order valence-corrected chi connectivity index (χ4v) is 3.62. The number of Topliss-reactive ketones (excluding diaryl/α,β-unsaturated/α-hetero) is 2. The first-order valence-electron chi connectivity index (χ1n) is 10.3. The molecule has 37 heavy (non-hydrogen) atoms. The van der Waals surface area contributed by atoms with Crippen LogP contribution in [0.3, 0.4) is 0 Å². The topological polar surface area (TPSA) is 101 Å². The maximum absolute atomic E-state index is 13.4. The average Bonchev–Trinajstić information content (AvgIpc) is 2.83. The fourth-order valence-electron chi connectivity index (χ4n) is 3.62. The zero-order valence-electron chi connectivity index (χ0n) is 18.2. The number of rotatable bonds is 5. The van der Waals surface area contributed by atoms with Gasteiger partial charge in [-0.15, -0.1) is 0 Å². The summed E-state index contributed by atoms with van der Waals surface area (Å²) in [6.45, 7) is 0. The third kappa shape index (κ3) is 5.01. The highest BCUT2D eigenvalue weighted by atomic mass is 19.4. The van der Waals surface area contributed by atoms with Gasteiger partial charge < -0.3 is 10.6 Å². The van der Waals surface area contributed by atoms with Crippen molar-refractivity contribution in [1.82, 2.24) is 0 Å². The van der Waals surface area contributed by atoms with E-state index in [1.165, 1.54) is 12.1 Å². The Labute approximate surface area is 203 Å². The Morgan fingerprint density at radius 2 is 1.08 bits per heavy atom. The molecule has 0 saturated heterocycles. The lowest BCUT2D eigenvalue weighted by Gasteiger charge is -2.23. The molecule has 13 heteroatoms. The molecule has 0 heterocycles. The van der Waals surface area contributed by atoms with E-state index in [0.29, 0.717) is 0 Å². The van der Waals surface area contributed by atoms with Crippen LogP contribution in [0, 0.1) is 10.1 Å². The highest BCUT2D eigenvalue weighted by Crippen LogP contribution is 2.35. The molecule has 0 bridgehead atoms.